The summed E-state index contributed by atoms with van der Waals surface area (Å²) in [5, 5.41) is 5.31. The van der Waals surface area contributed by atoms with Crippen LogP contribution in [0.4, 0.5) is 0 Å². The van der Waals surface area contributed by atoms with Gasteiger partial charge in [0.1, 0.15) is 0 Å². The Morgan fingerprint density at radius 2 is 1.44 bits per heavy atom. The topological polar surface area (TPSA) is 12.9 Å². The van der Waals surface area contributed by atoms with E-state index < -0.39 is 0 Å². The van der Waals surface area contributed by atoms with E-state index in [4.69, 9.17) is 4.98 Å². The molecule has 130 valence electrons. The van der Waals surface area contributed by atoms with Crippen molar-refractivity contribution < 1.29 is 0 Å². The third-order valence-corrected chi connectivity index (χ3v) is 6.98. The fourth-order valence-corrected chi connectivity index (χ4v) is 5.68. The molecule has 0 bridgehead atoms. The zero-order chi connectivity index (χ0) is 17.8. The molecule has 0 radical (unpaired) electrons. The Bertz CT molecular complexity index is 1310. The molecule has 1 nitrogen and oxygen atoms in total. The van der Waals surface area contributed by atoms with E-state index in [1.807, 2.05) is 17.5 Å². The van der Waals surface area contributed by atoms with Crippen LogP contribution in [0, 0.1) is 0 Å². The molecule has 2 heterocycles. The summed E-state index contributed by atoms with van der Waals surface area (Å²) in [5.41, 5.74) is 5.38. The molecule has 2 heteroatoms. The number of hydrogen-bond acceptors (Lipinski definition) is 2. The zero-order valence-electron chi connectivity index (χ0n) is 15.0. The Morgan fingerprint density at radius 1 is 0.704 bits per heavy atom. The second kappa shape index (κ2) is 5.90. The maximum Gasteiger partial charge on any atom is 0.0780 e. The highest BCUT2D eigenvalue weighted by Gasteiger charge is 2.15. The summed E-state index contributed by atoms with van der Waals surface area (Å²) in [7, 11) is 0. The van der Waals surface area contributed by atoms with E-state index in [0.717, 1.165) is 5.69 Å². The molecule has 0 N–H and O–H groups in total. The second-order valence-corrected chi connectivity index (χ2v) is 8.61. The molecule has 27 heavy (non-hydrogen) atoms. The third kappa shape index (κ3) is 2.40. The summed E-state index contributed by atoms with van der Waals surface area (Å²) < 4.78 is 2.81. The van der Waals surface area contributed by atoms with Gasteiger partial charge in [0.25, 0.3) is 0 Å². The minimum absolute atomic E-state index is 1.08. The van der Waals surface area contributed by atoms with E-state index >= 15 is 0 Å². The summed E-state index contributed by atoms with van der Waals surface area (Å²) >= 11 is 1.93. The average molecular weight is 366 g/mol. The first kappa shape index (κ1) is 15.4. The van der Waals surface area contributed by atoms with Crippen molar-refractivity contribution in [3.8, 4) is 11.3 Å². The molecule has 3 aromatic carbocycles. The van der Waals surface area contributed by atoms with E-state index in [1.54, 1.807) is 11.1 Å². The van der Waals surface area contributed by atoms with Gasteiger partial charge >= 0.3 is 0 Å². The van der Waals surface area contributed by atoms with Gasteiger partial charge in [-0.25, -0.2) is 0 Å². The van der Waals surface area contributed by atoms with Crippen LogP contribution in [0.5, 0.6) is 0 Å². The van der Waals surface area contributed by atoms with Crippen molar-refractivity contribution in [2.45, 2.75) is 25.7 Å². The van der Waals surface area contributed by atoms with Crippen LogP contribution in [-0.2, 0) is 12.8 Å². The molecule has 0 fully saturated rings. The van der Waals surface area contributed by atoms with Gasteiger partial charge in [0.15, 0.2) is 0 Å². The standard InChI is InChI=1S/C25H19NS/c1-2-6-16(7-3-1)25-20-15-22-21-12-17-8-4-5-9-18(17)13-23(21)27-24(22)14-19(20)10-11-26-25/h1-3,6-7,10-15H,4-5,8-9H2. The van der Waals surface area contributed by atoms with Crippen LogP contribution in [-0.4, -0.2) is 4.98 Å². The first-order valence-electron chi connectivity index (χ1n) is 9.69. The molecule has 0 spiro atoms. The molecule has 6 rings (SSSR count). The lowest BCUT2D eigenvalue weighted by Gasteiger charge is -2.15. The molecule has 2 aromatic heterocycles. The highest BCUT2D eigenvalue weighted by atomic mass is 32.1. The first-order valence-corrected chi connectivity index (χ1v) is 10.5. The SMILES string of the molecule is c1ccc(-c2nccc3cc4sc5cc6c(cc5c4cc23)CCCC6)cc1. The van der Waals surface area contributed by atoms with Crippen LogP contribution in [0.15, 0.2) is 66.9 Å². The number of rotatable bonds is 1. The molecule has 0 aliphatic heterocycles. The Morgan fingerprint density at radius 3 is 2.30 bits per heavy atom. The quantitative estimate of drug-likeness (QED) is 0.307. The Balaban J connectivity index is 1.68. The Labute approximate surface area is 162 Å². The number of pyridine rings is 1. The molecule has 1 aliphatic carbocycles. The van der Waals surface area contributed by atoms with Crippen LogP contribution >= 0.6 is 11.3 Å². The number of aromatic nitrogens is 1. The van der Waals surface area contributed by atoms with E-state index in [0.29, 0.717) is 0 Å². The number of aryl methyl sites for hydroxylation is 2. The van der Waals surface area contributed by atoms with Crippen molar-refractivity contribution in [1.82, 2.24) is 4.98 Å². The van der Waals surface area contributed by atoms with Crippen LogP contribution in [0.25, 0.3) is 42.2 Å². The monoisotopic (exact) mass is 365 g/mol. The summed E-state index contributed by atoms with van der Waals surface area (Å²) in [4.78, 5) is 4.72. The predicted octanol–water partition coefficient (Wildman–Crippen LogP) is 7.15. The number of benzene rings is 3. The van der Waals surface area contributed by atoms with Gasteiger partial charge in [-0.1, -0.05) is 30.3 Å². The molecule has 0 saturated heterocycles. The predicted molar refractivity (Wildman–Crippen MR) is 117 cm³/mol. The second-order valence-electron chi connectivity index (χ2n) is 7.52. The average Bonchev–Trinajstić information content (AvgIpc) is 3.07. The maximum absolute atomic E-state index is 4.72. The molecule has 0 amide bonds. The highest BCUT2D eigenvalue weighted by Crippen LogP contribution is 2.40. The van der Waals surface area contributed by atoms with Crippen LogP contribution in [0.2, 0.25) is 0 Å². The van der Waals surface area contributed by atoms with Crippen molar-refractivity contribution in [3.05, 3.63) is 78.0 Å². The van der Waals surface area contributed by atoms with Gasteiger partial charge in [-0.15, -0.1) is 11.3 Å². The first-order chi connectivity index (χ1) is 13.4. The van der Waals surface area contributed by atoms with Crippen molar-refractivity contribution in [2.75, 3.05) is 0 Å². The minimum atomic E-state index is 1.08. The van der Waals surface area contributed by atoms with E-state index in [1.165, 1.54) is 62.2 Å². The molecule has 1 aliphatic rings. The fraction of sp³-hybridized carbons (Fsp3) is 0.160. The van der Waals surface area contributed by atoms with Crippen LogP contribution in [0.1, 0.15) is 24.0 Å². The van der Waals surface area contributed by atoms with Gasteiger partial charge in [-0.3, -0.25) is 4.98 Å². The number of fused-ring (bicyclic) bond motifs is 5. The molecule has 0 atom stereocenters. The van der Waals surface area contributed by atoms with Gasteiger partial charge in [0, 0.05) is 37.3 Å². The van der Waals surface area contributed by atoms with Gasteiger partial charge < -0.3 is 0 Å². The largest absolute Gasteiger partial charge is 0.256 e. The maximum atomic E-state index is 4.72. The Hall–Kier alpha value is -2.71. The molecule has 0 unspecified atom stereocenters. The molecular weight excluding hydrogens is 346 g/mol. The lowest BCUT2D eigenvalue weighted by atomic mass is 9.90. The van der Waals surface area contributed by atoms with Gasteiger partial charge in [0.05, 0.1) is 5.69 Å². The number of hydrogen-bond donors (Lipinski definition) is 0. The number of thiophene rings is 1. The van der Waals surface area contributed by atoms with Crippen molar-refractivity contribution in [1.29, 1.82) is 0 Å². The van der Waals surface area contributed by atoms with E-state index in [2.05, 4.69) is 60.7 Å². The normalized spacial score (nSPS) is 14.1. The molecular formula is C25H19NS. The fourth-order valence-electron chi connectivity index (χ4n) is 4.50. The van der Waals surface area contributed by atoms with E-state index in [-0.39, 0.29) is 0 Å². The lowest BCUT2D eigenvalue weighted by molar-refractivity contribution is 0.687. The molecule has 5 aromatic rings. The van der Waals surface area contributed by atoms with Crippen molar-refractivity contribution in [3.63, 3.8) is 0 Å². The minimum Gasteiger partial charge on any atom is -0.256 e. The Kier molecular flexibility index (Phi) is 3.36. The number of nitrogens with zero attached hydrogens (tertiary/aromatic N) is 1. The lowest BCUT2D eigenvalue weighted by Crippen LogP contribution is -2.01. The van der Waals surface area contributed by atoms with Crippen molar-refractivity contribution in [2.24, 2.45) is 0 Å². The summed E-state index contributed by atoms with van der Waals surface area (Å²) in [5.74, 6) is 0. The highest BCUT2D eigenvalue weighted by molar-refractivity contribution is 7.25. The van der Waals surface area contributed by atoms with Gasteiger partial charge in [-0.2, -0.15) is 0 Å². The smallest absolute Gasteiger partial charge is 0.0780 e. The zero-order valence-corrected chi connectivity index (χ0v) is 15.9. The van der Waals surface area contributed by atoms with Crippen LogP contribution in [0.3, 0.4) is 0 Å². The van der Waals surface area contributed by atoms with Crippen molar-refractivity contribution >= 4 is 42.3 Å². The summed E-state index contributed by atoms with van der Waals surface area (Å²) in [6.07, 6.45) is 7.06. The van der Waals surface area contributed by atoms with Crippen LogP contribution < -0.4 is 0 Å². The summed E-state index contributed by atoms with van der Waals surface area (Å²) in [6.45, 7) is 0. The van der Waals surface area contributed by atoms with Gasteiger partial charge in [0.2, 0.25) is 0 Å². The molecule has 0 saturated carbocycles. The van der Waals surface area contributed by atoms with Gasteiger partial charge in [-0.05, 0) is 72.5 Å². The summed E-state index contributed by atoms with van der Waals surface area (Å²) in [6, 6.07) is 22.3. The van der Waals surface area contributed by atoms with E-state index in [9.17, 15) is 0 Å². The third-order valence-electron chi connectivity index (χ3n) is 5.87.